The molecule has 95 valence electrons. The largest absolute Gasteiger partial charge is 0.481 e. The second-order valence-electron chi connectivity index (χ2n) is 4.71. The minimum Gasteiger partial charge on any atom is -0.481 e. The van der Waals surface area contributed by atoms with Crippen LogP contribution in [0, 0.1) is 12.3 Å². The average molecular weight is 255 g/mol. The molecule has 1 atom stereocenters. The molecule has 0 saturated heterocycles. The average Bonchev–Trinajstić information content (AvgIpc) is 2.27. The summed E-state index contributed by atoms with van der Waals surface area (Å²) in [6.45, 7) is 10.5. The zero-order valence-electron chi connectivity index (χ0n) is 11.0. The van der Waals surface area contributed by atoms with Crippen LogP contribution in [0.5, 0.6) is 11.8 Å². The Morgan fingerprint density at radius 3 is 2.00 bits per heavy atom. The first-order chi connectivity index (χ1) is 7.86. The van der Waals surface area contributed by atoms with Gasteiger partial charge in [-0.1, -0.05) is 32.5 Å². The maximum Gasteiger partial charge on any atom is 0.220 e. The first-order valence-electron chi connectivity index (χ1n) is 5.33. The van der Waals surface area contributed by atoms with Gasteiger partial charge in [-0.3, -0.25) is 0 Å². The van der Waals surface area contributed by atoms with Crippen molar-refractivity contribution in [2.75, 3.05) is 14.2 Å². The quantitative estimate of drug-likeness (QED) is 0.611. The molecule has 4 nitrogen and oxygen atoms in total. The smallest absolute Gasteiger partial charge is 0.220 e. The molecule has 1 aromatic rings. The molecule has 0 aromatic carbocycles. The molecular weight excluding hydrogens is 236 g/mol. The fraction of sp³-hybridized carbons (Fsp3) is 0.583. The summed E-state index contributed by atoms with van der Waals surface area (Å²) in [5.74, 6) is 1.00. The van der Waals surface area contributed by atoms with E-state index < -0.39 is 0 Å². The van der Waals surface area contributed by atoms with Gasteiger partial charge in [0.1, 0.15) is 0 Å². The van der Waals surface area contributed by atoms with Gasteiger partial charge in [0.15, 0.2) is 5.16 Å². The van der Waals surface area contributed by atoms with Crippen LogP contribution in [0.15, 0.2) is 11.2 Å². The predicted molar refractivity (Wildman–Crippen MR) is 69.6 cm³/mol. The van der Waals surface area contributed by atoms with Gasteiger partial charge in [-0.2, -0.15) is 9.97 Å². The van der Waals surface area contributed by atoms with E-state index in [0.29, 0.717) is 16.9 Å². The standard InChI is InChI=1S/C12H19N2O2S/c1-8(12(2,3)4)17-11-13-9(15-5)7-10(14-11)16-6/h7-8H,1H2,2-6H3. The molecule has 1 aromatic heterocycles. The summed E-state index contributed by atoms with van der Waals surface area (Å²) in [6, 6.07) is 1.65. The summed E-state index contributed by atoms with van der Waals surface area (Å²) in [5.41, 5.74) is 0.0876. The van der Waals surface area contributed by atoms with E-state index in [2.05, 4.69) is 37.7 Å². The predicted octanol–water partition coefficient (Wildman–Crippen LogP) is 2.83. The van der Waals surface area contributed by atoms with E-state index in [0.717, 1.165) is 0 Å². The summed E-state index contributed by atoms with van der Waals surface area (Å²) in [5, 5.41) is 0.774. The molecule has 0 bridgehead atoms. The van der Waals surface area contributed by atoms with Crippen LogP contribution in [0.1, 0.15) is 20.8 Å². The highest BCUT2D eigenvalue weighted by Crippen LogP contribution is 2.34. The minimum absolute atomic E-state index is 0.0876. The molecule has 17 heavy (non-hydrogen) atoms. The molecule has 0 aliphatic carbocycles. The normalized spacial score (nSPS) is 13.3. The highest BCUT2D eigenvalue weighted by molar-refractivity contribution is 7.99. The topological polar surface area (TPSA) is 44.2 Å². The monoisotopic (exact) mass is 255 g/mol. The van der Waals surface area contributed by atoms with Gasteiger partial charge in [0.05, 0.1) is 20.3 Å². The van der Waals surface area contributed by atoms with Gasteiger partial charge in [0.2, 0.25) is 11.8 Å². The van der Waals surface area contributed by atoms with Crippen LogP contribution in [0.4, 0.5) is 0 Å². The van der Waals surface area contributed by atoms with Gasteiger partial charge in [-0.25, -0.2) is 0 Å². The third kappa shape index (κ3) is 4.07. The molecule has 0 amide bonds. The number of aromatic nitrogens is 2. The van der Waals surface area contributed by atoms with Crippen molar-refractivity contribution >= 4 is 11.8 Å². The molecule has 1 unspecified atom stereocenters. The molecule has 0 spiro atoms. The van der Waals surface area contributed by atoms with Crippen molar-refractivity contribution in [3.63, 3.8) is 0 Å². The van der Waals surface area contributed by atoms with Crippen molar-refractivity contribution in [2.24, 2.45) is 5.41 Å². The van der Waals surface area contributed by atoms with E-state index in [-0.39, 0.29) is 10.7 Å². The Balaban J connectivity index is 2.90. The number of rotatable bonds is 4. The van der Waals surface area contributed by atoms with Crippen LogP contribution in [0.25, 0.3) is 0 Å². The van der Waals surface area contributed by atoms with Crippen LogP contribution >= 0.6 is 11.8 Å². The Labute approximate surface area is 107 Å². The lowest BCUT2D eigenvalue weighted by Crippen LogP contribution is -2.20. The van der Waals surface area contributed by atoms with Crippen molar-refractivity contribution in [3.05, 3.63) is 13.0 Å². The molecule has 0 saturated carbocycles. The van der Waals surface area contributed by atoms with Crippen molar-refractivity contribution in [1.82, 2.24) is 9.97 Å². The lowest BCUT2D eigenvalue weighted by atomic mass is 9.93. The number of methoxy groups -OCH3 is 2. The SMILES string of the molecule is [CH2]C(Sc1nc(OC)cc(OC)n1)C(C)(C)C. The summed E-state index contributed by atoms with van der Waals surface area (Å²) in [4.78, 5) is 8.53. The Morgan fingerprint density at radius 2 is 1.65 bits per heavy atom. The molecule has 5 heteroatoms. The van der Waals surface area contributed by atoms with E-state index in [9.17, 15) is 0 Å². The Morgan fingerprint density at radius 1 is 1.18 bits per heavy atom. The van der Waals surface area contributed by atoms with E-state index in [1.54, 1.807) is 20.3 Å². The van der Waals surface area contributed by atoms with Crippen molar-refractivity contribution in [2.45, 2.75) is 31.2 Å². The van der Waals surface area contributed by atoms with Gasteiger partial charge in [-0.15, -0.1) is 0 Å². The fourth-order valence-electron chi connectivity index (χ4n) is 0.950. The molecule has 1 radical (unpaired) electrons. The molecule has 1 heterocycles. The first kappa shape index (κ1) is 14.1. The number of ether oxygens (including phenoxy) is 2. The number of thioether (sulfide) groups is 1. The molecule has 0 aliphatic heterocycles. The highest BCUT2D eigenvalue weighted by atomic mass is 32.2. The summed E-state index contributed by atoms with van der Waals surface area (Å²) >= 11 is 1.52. The van der Waals surface area contributed by atoms with Gasteiger partial charge in [0.25, 0.3) is 0 Å². The van der Waals surface area contributed by atoms with Gasteiger partial charge in [0, 0.05) is 5.25 Å². The minimum atomic E-state index is 0.0876. The first-order valence-corrected chi connectivity index (χ1v) is 6.21. The Kier molecular flexibility index (Phi) is 4.62. The Bertz CT molecular complexity index is 355. The van der Waals surface area contributed by atoms with E-state index in [4.69, 9.17) is 9.47 Å². The van der Waals surface area contributed by atoms with Crippen LogP contribution < -0.4 is 9.47 Å². The van der Waals surface area contributed by atoms with Crippen molar-refractivity contribution in [1.29, 1.82) is 0 Å². The molecule has 0 aliphatic rings. The van der Waals surface area contributed by atoms with Crippen LogP contribution in [0.2, 0.25) is 0 Å². The molecule has 0 fully saturated rings. The van der Waals surface area contributed by atoms with Crippen LogP contribution in [0.3, 0.4) is 0 Å². The molecule has 0 N–H and O–H groups in total. The van der Waals surface area contributed by atoms with Gasteiger partial charge >= 0.3 is 0 Å². The van der Waals surface area contributed by atoms with E-state index >= 15 is 0 Å². The zero-order valence-corrected chi connectivity index (χ0v) is 11.8. The maximum atomic E-state index is 5.10. The fourth-order valence-corrected chi connectivity index (χ4v) is 1.84. The summed E-state index contributed by atoms with van der Waals surface area (Å²) in [7, 11) is 3.14. The third-order valence-electron chi connectivity index (χ3n) is 2.29. The van der Waals surface area contributed by atoms with E-state index in [1.807, 2.05) is 0 Å². The second-order valence-corrected chi connectivity index (χ2v) is 5.88. The van der Waals surface area contributed by atoms with Crippen LogP contribution in [-0.4, -0.2) is 29.4 Å². The van der Waals surface area contributed by atoms with E-state index in [1.165, 1.54) is 11.8 Å². The summed E-state index contributed by atoms with van der Waals surface area (Å²) < 4.78 is 10.2. The zero-order chi connectivity index (χ0) is 13.1. The number of nitrogens with zero attached hydrogens (tertiary/aromatic N) is 2. The highest BCUT2D eigenvalue weighted by Gasteiger charge is 2.22. The lowest BCUT2D eigenvalue weighted by Gasteiger charge is -2.25. The lowest BCUT2D eigenvalue weighted by molar-refractivity contribution is 0.363. The third-order valence-corrected chi connectivity index (χ3v) is 3.68. The maximum absolute atomic E-state index is 5.10. The van der Waals surface area contributed by atoms with Gasteiger partial charge < -0.3 is 9.47 Å². The van der Waals surface area contributed by atoms with Gasteiger partial charge in [-0.05, 0) is 12.3 Å². The molecule has 1 rings (SSSR count). The summed E-state index contributed by atoms with van der Waals surface area (Å²) in [6.07, 6.45) is 0. The molecular formula is C12H19N2O2S. The van der Waals surface area contributed by atoms with Crippen molar-refractivity contribution in [3.8, 4) is 11.8 Å². The number of hydrogen-bond acceptors (Lipinski definition) is 5. The van der Waals surface area contributed by atoms with Crippen molar-refractivity contribution < 1.29 is 9.47 Å². The Hall–Kier alpha value is -0.970. The number of hydrogen-bond donors (Lipinski definition) is 0. The van der Waals surface area contributed by atoms with Crippen LogP contribution in [-0.2, 0) is 0 Å². The second kappa shape index (κ2) is 5.58.